The maximum Gasteiger partial charge on any atom is 0.190 e. The van der Waals surface area contributed by atoms with Crippen molar-refractivity contribution in [2.45, 2.75) is 12.5 Å². The molecule has 4 nitrogen and oxygen atoms in total. The number of rotatable bonds is 3. The molecule has 0 unspecified atom stereocenters. The highest BCUT2D eigenvalue weighted by molar-refractivity contribution is 5.26. The highest BCUT2D eigenvalue weighted by Gasteiger charge is 2.08. The predicted molar refractivity (Wildman–Crippen MR) is 41.8 cm³/mol. The molecule has 0 fully saturated rings. The van der Waals surface area contributed by atoms with Gasteiger partial charge in [0.05, 0.1) is 6.04 Å². The molecule has 1 rings (SSSR count). The standard InChI is InChI=1S/C7H12N2O2/c8-5(3-4-10)6-1-2-7(9)11-6/h1-2,5,10H,3-4,8-9H2/t5-/m1/s1. The highest BCUT2D eigenvalue weighted by Crippen LogP contribution is 2.17. The predicted octanol–water partition coefficient (Wildman–Crippen LogP) is 0.244. The number of nitrogens with two attached hydrogens (primary N) is 2. The van der Waals surface area contributed by atoms with E-state index in [0.717, 1.165) is 0 Å². The van der Waals surface area contributed by atoms with E-state index in [1.807, 2.05) is 0 Å². The molecule has 62 valence electrons. The lowest BCUT2D eigenvalue weighted by atomic mass is 10.2. The number of furan rings is 1. The largest absolute Gasteiger partial charge is 0.444 e. The quantitative estimate of drug-likeness (QED) is 0.585. The van der Waals surface area contributed by atoms with Crippen LogP contribution >= 0.6 is 0 Å². The van der Waals surface area contributed by atoms with Gasteiger partial charge in [0.2, 0.25) is 0 Å². The Morgan fingerprint density at radius 2 is 2.27 bits per heavy atom. The number of hydrogen-bond donors (Lipinski definition) is 3. The van der Waals surface area contributed by atoms with Crippen LogP contribution in [0.5, 0.6) is 0 Å². The number of nitrogen functional groups attached to an aromatic ring is 1. The van der Waals surface area contributed by atoms with Crippen molar-refractivity contribution in [1.82, 2.24) is 0 Å². The highest BCUT2D eigenvalue weighted by atomic mass is 16.4. The van der Waals surface area contributed by atoms with Crippen LogP contribution in [0.15, 0.2) is 16.5 Å². The van der Waals surface area contributed by atoms with Gasteiger partial charge in [0.15, 0.2) is 5.88 Å². The van der Waals surface area contributed by atoms with Crippen molar-refractivity contribution < 1.29 is 9.52 Å². The molecular weight excluding hydrogens is 144 g/mol. The normalized spacial score (nSPS) is 13.3. The van der Waals surface area contributed by atoms with Crippen LogP contribution in [-0.4, -0.2) is 11.7 Å². The van der Waals surface area contributed by atoms with Gasteiger partial charge in [0.1, 0.15) is 5.76 Å². The van der Waals surface area contributed by atoms with Crippen LogP contribution in [0.25, 0.3) is 0 Å². The summed E-state index contributed by atoms with van der Waals surface area (Å²) in [6.45, 7) is 0.0573. The van der Waals surface area contributed by atoms with Crippen molar-refractivity contribution >= 4 is 5.88 Å². The van der Waals surface area contributed by atoms with Crippen molar-refractivity contribution in [3.63, 3.8) is 0 Å². The average Bonchev–Trinajstić information content (AvgIpc) is 2.36. The average molecular weight is 156 g/mol. The molecule has 1 heterocycles. The molecule has 0 radical (unpaired) electrons. The fraction of sp³-hybridized carbons (Fsp3) is 0.429. The monoisotopic (exact) mass is 156 g/mol. The molecule has 0 spiro atoms. The molecule has 0 amide bonds. The zero-order chi connectivity index (χ0) is 8.27. The fourth-order valence-corrected chi connectivity index (χ4v) is 0.849. The zero-order valence-electron chi connectivity index (χ0n) is 6.16. The molecule has 1 atom stereocenters. The lowest BCUT2D eigenvalue weighted by Gasteiger charge is -2.04. The molecule has 4 heteroatoms. The molecular formula is C7H12N2O2. The summed E-state index contributed by atoms with van der Waals surface area (Å²) in [6.07, 6.45) is 0.493. The molecule has 0 aromatic carbocycles. The topological polar surface area (TPSA) is 85.4 Å². The summed E-state index contributed by atoms with van der Waals surface area (Å²) in [7, 11) is 0. The Balaban J connectivity index is 2.60. The van der Waals surface area contributed by atoms with Crippen LogP contribution in [-0.2, 0) is 0 Å². The first kappa shape index (κ1) is 8.10. The van der Waals surface area contributed by atoms with Crippen LogP contribution in [0.4, 0.5) is 5.88 Å². The van der Waals surface area contributed by atoms with Crippen molar-refractivity contribution in [3.05, 3.63) is 17.9 Å². The van der Waals surface area contributed by atoms with Crippen LogP contribution < -0.4 is 11.5 Å². The first-order chi connectivity index (χ1) is 5.24. The van der Waals surface area contributed by atoms with Gasteiger partial charge in [0.25, 0.3) is 0 Å². The third-order valence-electron chi connectivity index (χ3n) is 1.45. The van der Waals surface area contributed by atoms with E-state index in [1.54, 1.807) is 12.1 Å². The number of aliphatic hydroxyl groups excluding tert-OH is 1. The molecule has 5 N–H and O–H groups in total. The van der Waals surface area contributed by atoms with Crippen molar-refractivity contribution in [1.29, 1.82) is 0 Å². The number of anilines is 1. The smallest absolute Gasteiger partial charge is 0.190 e. The molecule has 0 saturated carbocycles. The van der Waals surface area contributed by atoms with Crippen LogP contribution in [0.1, 0.15) is 18.2 Å². The Hall–Kier alpha value is -1.00. The van der Waals surface area contributed by atoms with E-state index in [9.17, 15) is 0 Å². The first-order valence-electron chi connectivity index (χ1n) is 3.45. The van der Waals surface area contributed by atoms with Crippen LogP contribution in [0, 0.1) is 0 Å². The van der Waals surface area contributed by atoms with E-state index < -0.39 is 0 Å². The van der Waals surface area contributed by atoms with Crippen LogP contribution in [0.2, 0.25) is 0 Å². The third kappa shape index (κ3) is 1.96. The van der Waals surface area contributed by atoms with E-state index in [4.69, 9.17) is 21.0 Å². The molecule has 0 aliphatic rings. The minimum absolute atomic E-state index is 0.0573. The molecule has 0 bridgehead atoms. The molecule has 1 aromatic heterocycles. The fourth-order valence-electron chi connectivity index (χ4n) is 0.849. The van der Waals surface area contributed by atoms with E-state index in [2.05, 4.69) is 0 Å². The summed E-state index contributed by atoms with van der Waals surface area (Å²) in [6, 6.07) is 3.11. The molecule has 0 aliphatic carbocycles. The van der Waals surface area contributed by atoms with Gasteiger partial charge >= 0.3 is 0 Å². The van der Waals surface area contributed by atoms with Gasteiger partial charge in [-0.2, -0.15) is 0 Å². The van der Waals surface area contributed by atoms with Crippen molar-refractivity contribution in [3.8, 4) is 0 Å². The minimum Gasteiger partial charge on any atom is -0.444 e. The molecule has 11 heavy (non-hydrogen) atoms. The van der Waals surface area contributed by atoms with Crippen molar-refractivity contribution in [2.75, 3.05) is 12.3 Å². The lowest BCUT2D eigenvalue weighted by Crippen LogP contribution is -2.10. The molecule has 0 aliphatic heterocycles. The van der Waals surface area contributed by atoms with Gasteiger partial charge in [0, 0.05) is 12.7 Å². The number of hydrogen-bond acceptors (Lipinski definition) is 4. The maximum atomic E-state index is 8.55. The Labute approximate surface area is 64.8 Å². The molecule has 1 aromatic rings. The summed E-state index contributed by atoms with van der Waals surface area (Å²) in [4.78, 5) is 0. The second-order valence-electron chi connectivity index (χ2n) is 2.36. The summed E-state index contributed by atoms with van der Waals surface area (Å²) >= 11 is 0. The van der Waals surface area contributed by atoms with E-state index >= 15 is 0 Å². The van der Waals surface area contributed by atoms with Gasteiger partial charge in [-0.15, -0.1) is 0 Å². The zero-order valence-corrected chi connectivity index (χ0v) is 6.16. The Kier molecular flexibility index (Phi) is 2.51. The minimum atomic E-state index is -0.253. The Bertz CT molecular complexity index is 222. The summed E-state index contributed by atoms with van der Waals surface area (Å²) in [5, 5.41) is 8.55. The van der Waals surface area contributed by atoms with Gasteiger partial charge in [-0.1, -0.05) is 0 Å². The Morgan fingerprint density at radius 3 is 2.73 bits per heavy atom. The van der Waals surface area contributed by atoms with Crippen LogP contribution in [0.3, 0.4) is 0 Å². The second-order valence-corrected chi connectivity index (χ2v) is 2.36. The van der Waals surface area contributed by atoms with E-state index in [0.29, 0.717) is 18.1 Å². The summed E-state index contributed by atoms with van der Waals surface area (Å²) in [5.74, 6) is 0.977. The van der Waals surface area contributed by atoms with E-state index in [1.165, 1.54) is 0 Å². The SMILES string of the molecule is Nc1ccc([C@H](N)CCO)o1. The maximum absolute atomic E-state index is 8.55. The van der Waals surface area contributed by atoms with Gasteiger partial charge in [-0.25, -0.2) is 0 Å². The number of aliphatic hydroxyl groups is 1. The first-order valence-corrected chi connectivity index (χ1v) is 3.45. The van der Waals surface area contributed by atoms with E-state index in [-0.39, 0.29) is 12.6 Å². The summed E-state index contributed by atoms with van der Waals surface area (Å²) in [5.41, 5.74) is 10.9. The summed E-state index contributed by atoms with van der Waals surface area (Å²) < 4.78 is 5.04. The van der Waals surface area contributed by atoms with Gasteiger partial charge in [-0.05, 0) is 12.5 Å². The third-order valence-corrected chi connectivity index (χ3v) is 1.45. The Morgan fingerprint density at radius 1 is 1.55 bits per heavy atom. The lowest BCUT2D eigenvalue weighted by molar-refractivity contribution is 0.269. The van der Waals surface area contributed by atoms with Crippen molar-refractivity contribution in [2.24, 2.45) is 5.73 Å². The van der Waals surface area contributed by atoms with Gasteiger partial charge < -0.3 is 21.0 Å². The molecule has 0 saturated heterocycles. The second kappa shape index (κ2) is 3.41. The van der Waals surface area contributed by atoms with Gasteiger partial charge in [-0.3, -0.25) is 0 Å².